The molecule has 1 aliphatic heterocycles. The Bertz CT molecular complexity index is 349. The van der Waals surface area contributed by atoms with Gasteiger partial charge in [0.2, 0.25) is 5.91 Å². The second-order valence-corrected chi connectivity index (χ2v) is 5.76. The first-order chi connectivity index (χ1) is 8.18. The Balaban J connectivity index is 1.80. The number of aliphatic carboxylic acids is 1. The van der Waals surface area contributed by atoms with Crippen molar-refractivity contribution in [1.82, 2.24) is 4.90 Å². The van der Waals surface area contributed by atoms with Gasteiger partial charge in [-0.2, -0.15) is 0 Å². The van der Waals surface area contributed by atoms with E-state index in [1.54, 1.807) is 0 Å². The normalized spacial score (nSPS) is 39.9. The molecule has 0 unspecified atom stereocenters. The predicted molar refractivity (Wildman–Crippen MR) is 61.3 cm³/mol. The molecule has 1 N–H and O–H groups in total. The number of fused-ring (bicyclic) bond motifs is 2. The topological polar surface area (TPSA) is 57.6 Å². The van der Waals surface area contributed by atoms with E-state index >= 15 is 0 Å². The molecule has 4 heteroatoms. The second-order valence-electron chi connectivity index (χ2n) is 5.76. The van der Waals surface area contributed by atoms with Gasteiger partial charge in [0.15, 0.2) is 0 Å². The van der Waals surface area contributed by atoms with Gasteiger partial charge in [-0.3, -0.25) is 9.59 Å². The third-order valence-electron chi connectivity index (χ3n) is 4.90. The SMILES string of the molecule is O=C(O)[C@H]1[C@H]2CC[C@H](C2)[C@@H]1C(=O)N1CCCC1. The maximum Gasteiger partial charge on any atom is 0.307 e. The van der Waals surface area contributed by atoms with E-state index in [1.807, 2.05) is 4.90 Å². The van der Waals surface area contributed by atoms with E-state index in [4.69, 9.17) is 0 Å². The first kappa shape index (κ1) is 11.1. The number of likely N-dealkylation sites (tertiary alicyclic amines) is 1. The molecule has 1 amide bonds. The molecule has 2 bridgehead atoms. The van der Waals surface area contributed by atoms with Crippen LogP contribution in [0.4, 0.5) is 0 Å². The van der Waals surface area contributed by atoms with E-state index < -0.39 is 11.9 Å². The number of hydrogen-bond donors (Lipinski definition) is 1. The Morgan fingerprint density at radius 1 is 1.00 bits per heavy atom. The van der Waals surface area contributed by atoms with Gasteiger partial charge in [0, 0.05) is 13.1 Å². The summed E-state index contributed by atoms with van der Waals surface area (Å²) < 4.78 is 0. The number of nitrogens with zero attached hydrogens (tertiary/aromatic N) is 1. The maximum atomic E-state index is 12.4. The van der Waals surface area contributed by atoms with Gasteiger partial charge in [-0.15, -0.1) is 0 Å². The van der Waals surface area contributed by atoms with Crippen molar-refractivity contribution in [3.63, 3.8) is 0 Å². The van der Waals surface area contributed by atoms with Crippen molar-refractivity contribution < 1.29 is 14.7 Å². The summed E-state index contributed by atoms with van der Waals surface area (Å²) in [6, 6.07) is 0. The first-order valence-electron chi connectivity index (χ1n) is 6.70. The van der Waals surface area contributed by atoms with Crippen LogP contribution in [-0.4, -0.2) is 35.0 Å². The summed E-state index contributed by atoms with van der Waals surface area (Å²) in [6.07, 6.45) is 5.17. The summed E-state index contributed by atoms with van der Waals surface area (Å²) in [5, 5.41) is 9.33. The fraction of sp³-hybridized carbons (Fsp3) is 0.846. The average Bonchev–Trinajstić information content (AvgIpc) is 3.02. The molecule has 0 aromatic heterocycles. The molecular formula is C13H19NO3. The van der Waals surface area contributed by atoms with E-state index in [2.05, 4.69) is 0 Å². The zero-order valence-electron chi connectivity index (χ0n) is 9.97. The molecule has 4 nitrogen and oxygen atoms in total. The Morgan fingerprint density at radius 2 is 1.59 bits per heavy atom. The summed E-state index contributed by atoms with van der Waals surface area (Å²) in [6.45, 7) is 1.66. The molecular weight excluding hydrogens is 218 g/mol. The molecule has 2 aliphatic carbocycles. The zero-order chi connectivity index (χ0) is 12.0. The van der Waals surface area contributed by atoms with Crippen LogP contribution in [0.5, 0.6) is 0 Å². The van der Waals surface area contributed by atoms with Crippen LogP contribution in [0.3, 0.4) is 0 Å². The van der Waals surface area contributed by atoms with Gasteiger partial charge in [0.25, 0.3) is 0 Å². The van der Waals surface area contributed by atoms with Crippen LogP contribution < -0.4 is 0 Å². The van der Waals surface area contributed by atoms with Crippen LogP contribution in [0, 0.1) is 23.7 Å². The molecule has 3 fully saturated rings. The first-order valence-corrected chi connectivity index (χ1v) is 6.70. The molecule has 94 valence electrons. The molecule has 4 atom stereocenters. The second kappa shape index (κ2) is 4.00. The van der Waals surface area contributed by atoms with E-state index in [-0.39, 0.29) is 17.7 Å². The lowest BCUT2D eigenvalue weighted by atomic mass is 9.78. The number of carboxylic acids is 1. The van der Waals surface area contributed by atoms with Gasteiger partial charge in [-0.05, 0) is 43.9 Å². The van der Waals surface area contributed by atoms with Gasteiger partial charge in [-0.25, -0.2) is 0 Å². The van der Waals surface area contributed by atoms with Crippen LogP contribution in [0.2, 0.25) is 0 Å². The summed E-state index contributed by atoms with van der Waals surface area (Å²) in [4.78, 5) is 25.7. The highest BCUT2D eigenvalue weighted by Crippen LogP contribution is 2.53. The largest absolute Gasteiger partial charge is 0.481 e. The van der Waals surface area contributed by atoms with Crippen LogP contribution in [0.25, 0.3) is 0 Å². The molecule has 1 heterocycles. The minimum absolute atomic E-state index is 0.127. The van der Waals surface area contributed by atoms with Gasteiger partial charge in [-0.1, -0.05) is 0 Å². The Morgan fingerprint density at radius 3 is 2.18 bits per heavy atom. The van der Waals surface area contributed by atoms with Gasteiger partial charge >= 0.3 is 5.97 Å². The highest BCUT2D eigenvalue weighted by atomic mass is 16.4. The summed E-state index contributed by atoms with van der Waals surface area (Å²) in [5.74, 6) is -0.647. The Hall–Kier alpha value is -1.06. The van der Waals surface area contributed by atoms with Gasteiger partial charge in [0.05, 0.1) is 11.8 Å². The van der Waals surface area contributed by atoms with Gasteiger partial charge < -0.3 is 10.0 Å². The van der Waals surface area contributed by atoms with Crippen molar-refractivity contribution in [1.29, 1.82) is 0 Å². The number of carbonyl (C=O) groups is 2. The third-order valence-corrected chi connectivity index (χ3v) is 4.90. The van der Waals surface area contributed by atoms with Crippen LogP contribution in [0.15, 0.2) is 0 Å². The van der Waals surface area contributed by atoms with E-state index in [0.29, 0.717) is 5.92 Å². The molecule has 17 heavy (non-hydrogen) atoms. The van der Waals surface area contributed by atoms with Crippen molar-refractivity contribution in [3.8, 4) is 0 Å². The van der Waals surface area contributed by atoms with Crippen LogP contribution >= 0.6 is 0 Å². The lowest BCUT2D eigenvalue weighted by Crippen LogP contribution is -2.42. The minimum atomic E-state index is -0.755. The zero-order valence-corrected chi connectivity index (χ0v) is 9.97. The predicted octanol–water partition coefficient (Wildman–Crippen LogP) is 1.36. The molecule has 3 aliphatic rings. The fourth-order valence-corrected chi connectivity index (χ4v) is 4.15. The fourth-order valence-electron chi connectivity index (χ4n) is 4.15. The number of carboxylic acid groups (broad SMARTS) is 1. The van der Waals surface area contributed by atoms with Gasteiger partial charge in [0.1, 0.15) is 0 Å². The number of amides is 1. The van der Waals surface area contributed by atoms with Crippen molar-refractivity contribution in [2.24, 2.45) is 23.7 Å². The molecule has 0 aromatic rings. The number of hydrogen-bond acceptors (Lipinski definition) is 2. The van der Waals surface area contributed by atoms with Crippen molar-refractivity contribution >= 4 is 11.9 Å². The standard InChI is InChI=1S/C13H19NO3/c15-12(14-5-1-2-6-14)10-8-3-4-9(7-8)11(10)13(16)17/h8-11H,1-7H2,(H,16,17)/t8-,9+,10+,11+/m1/s1. The lowest BCUT2D eigenvalue weighted by Gasteiger charge is -2.30. The van der Waals surface area contributed by atoms with Crippen molar-refractivity contribution in [2.45, 2.75) is 32.1 Å². The minimum Gasteiger partial charge on any atom is -0.481 e. The molecule has 0 aromatic carbocycles. The lowest BCUT2D eigenvalue weighted by molar-refractivity contribution is -0.152. The van der Waals surface area contributed by atoms with E-state index in [1.165, 1.54) is 0 Å². The highest BCUT2D eigenvalue weighted by Gasteiger charge is 2.54. The molecule has 1 saturated heterocycles. The van der Waals surface area contributed by atoms with E-state index in [0.717, 1.165) is 45.2 Å². The quantitative estimate of drug-likeness (QED) is 0.788. The summed E-state index contributed by atoms with van der Waals surface area (Å²) in [5.41, 5.74) is 0. The molecule has 3 rings (SSSR count). The molecule has 0 spiro atoms. The molecule has 2 saturated carbocycles. The van der Waals surface area contributed by atoms with Crippen molar-refractivity contribution in [3.05, 3.63) is 0 Å². The maximum absolute atomic E-state index is 12.4. The average molecular weight is 237 g/mol. The van der Waals surface area contributed by atoms with Crippen LogP contribution in [-0.2, 0) is 9.59 Å². The van der Waals surface area contributed by atoms with Crippen molar-refractivity contribution in [2.75, 3.05) is 13.1 Å². The monoisotopic (exact) mass is 237 g/mol. The Kier molecular flexibility index (Phi) is 2.60. The summed E-state index contributed by atoms with van der Waals surface area (Å²) >= 11 is 0. The Labute approximate surface area is 101 Å². The number of carbonyl (C=O) groups excluding carboxylic acids is 1. The third kappa shape index (κ3) is 1.65. The molecule has 0 radical (unpaired) electrons. The van der Waals surface area contributed by atoms with Crippen LogP contribution in [0.1, 0.15) is 32.1 Å². The van der Waals surface area contributed by atoms with E-state index in [9.17, 15) is 14.7 Å². The number of rotatable bonds is 2. The smallest absolute Gasteiger partial charge is 0.307 e. The highest BCUT2D eigenvalue weighted by molar-refractivity contribution is 5.86. The summed E-state index contributed by atoms with van der Waals surface area (Å²) in [7, 11) is 0.